The summed E-state index contributed by atoms with van der Waals surface area (Å²) in [5.74, 6) is 0.143. The molecule has 0 atom stereocenters. The maximum atomic E-state index is 11.6. The molecular formula is C11H12N6O. The average molecular weight is 244 g/mol. The van der Waals surface area contributed by atoms with Crippen LogP contribution < -0.4 is 16.4 Å². The molecule has 2 amide bonds. The van der Waals surface area contributed by atoms with Gasteiger partial charge in [-0.1, -0.05) is 12.1 Å². The van der Waals surface area contributed by atoms with Crippen molar-refractivity contribution in [1.82, 2.24) is 15.2 Å². The Hall–Kier alpha value is -2.54. The summed E-state index contributed by atoms with van der Waals surface area (Å²) in [5, 5.41) is 12.4. The summed E-state index contributed by atoms with van der Waals surface area (Å²) in [6.07, 6.45) is 2.87. The normalized spacial score (nSPS) is 9.83. The quantitative estimate of drug-likeness (QED) is 0.746. The summed E-state index contributed by atoms with van der Waals surface area (Å²) in [6.45, 7) is 0.419. The predicted octanol–water partition coefficient (Wildman–Crippen LogP) is 0.974. The molecule has 92 valence electrons. The first kappa shape index (κ1) is 11.9. The minimum atomic E-state index is -0.433. The Balaban J connectivity index is 1.99. The number of anilines is 2. The SMILES string of the molecule is NCc1cccc(NC(=O)Nc2nccnn2)c1. The fraction of sp³-hybridized carbons (Fsp3) is 0.0909. The molecule has 0 radical (unpaired) electrons. The van der Waals surface area contributed by atoms with Crippen LogP contribution >= 0.6 is 0 Å². The highest BCUT2D eigenvalue weighted by atomic mass is 16.2. The highest BCUT2D eigenvalue weighted by Crippen LogP contribution is 2.10. The predicted molar refractivity (Wildman–Crippen MR) is 66.8 cm³/mol. The summed E-state index contributed by atoms with van der Waals surface area (Å²) in [5.41, 5.74) is 7.10. The molecule has 7 nitrogen and oxygen atoms in total. The van der Waals surface area contributed by atoms with Gasteiger partial charge in [0, 0.05) is 12.2 Å². The molecule has 2 aromatic rings. The van der Waals surface area contributed by atoms with E-state index in [-0.39, 0.29) is 5.95 Å². The number of urea groups is 1. The molecule has 0 aliphatic carbocycles. The minimum Gasteiger partial charge on any atom is -0.326 e. The molecule has 0 saturated heterocycles. The van der Waals surface area contributed by atoms with Crippen molar-refractivity contribution < 1.29 is 4.79 Å². The van der Waals surface area contributed by atoms with Crippen LogP contribution in [0, 0.1) is 0 Å². The summed E-state index contributed by atoms with van der Waals surface area (Å²) < 4.78 is 0. The van der Waals surface area contributed by atoms with E-state index in [9.17, 15) is 4.79 Å². The lowest BCUT2D eigenvalue weighted by Crippen LogP contribution is -2.21. The van der Waals surface area contributed by atoms with Crippen molar-refractivity contribution in [2.24, 2.45) is 5.73 Å². The lowest BCUT2D eigenvalue weighted by Gasteiger charge is -2.06. The monoisotopic (exact) mass is 244 g/mol. The first-order chi connectivity index (χ1) is 8.78. The molecule has 18 heavy (non-hydrogen) atoms. The first-order valence-electron chi connectivity index (χ1n) is 5.28. The van der Waals surface area contributed by atoms with Gasteiger partial charge in [0.2, 0.25) is 0 Å². The molecule has 0 fully saturated rings. The molecule has 1 aromatic heterocycles. The lowest BCUT2D eigenvalue weighted by atomic mass is 10.2. The van der Waals surface area contributed by atoms with E-state index in [1.54, 1.807) is 12.1 Å². The van der Waals surface area contributed by atoms with E-state index >= 15 is 0 Å². The highest BCUT2D eigenvalue weighted by Gasteiger charge is 2.04. The Morgan fingerprint density at radius 1 is 1.28 bits per heavy atom. The van der Waals surface area contributed by atoms with Gasteiger partial charge in [-0.15, -0.1) is 5.10 Å². The summed E-state index contributed by atoms with van der Waals surface area (Å²) in [6, 6.07) is 6.83. The summed E-state index contributed by atoms with van der Waals surface area (Å²) in [7, 11) is 0. The number of carbonyl (C=O) groups excluding carboxylic acids is 1. The van der Waals surface area contributed by atoms with Crippen LogP contribution in [0.4, 0.5) is 16.4 Å². The maximum absolute atomic E-state index is 11.6. The fourth-order valence-corrected chi connectivity index (χ4v) is 1.34. The maximum Gasteiger partial charge on any atom is 0.326 e. The minimum absolute atomic E-state index is 0.143. The van der Waals surface area contributed by atoms with Gasteiger partial charge in [-0.3, -0.25) is 5.32 Å². The molecule has 0 spiro atoms. The number of hydrogen-bond donors (Lipinski definition) is 3. The third-order valence-corrected chi connectivity index (χ3v) is 2.13. The van der Waals surface area contributed by atoms with Crippen LogP contribution in [0.5, 0.6) is 0 Å². The topological polar surface area (TPSA) is 106 Å². The zero-order chi connectivity index (χ0) is 12.8. The fourth-order valence-electron chi connectivity index (χ4n) is 1.34. The molecule has 0 aliphatic rings. The number of aromatic nitrogens is 3. The van der Waals surface area contributed by atoms with Crippen LogP contribution in [0.15, 0.2) is 36.7 Å². The molecule has 4 N–H and O–H groups in total. The van der Waals surface area contributed by atoms with E-state index in [4.69, 9.17) is 5.73 Å². The number of nitrogens with two attached hydrogens (primary N) is 1. The van der Waals surface area contributed by atoms with E-state index in [1.807, 2.05) is 12.1 Å². The van der Waals surface area contributed by atoms with E-state index in [1.165, 1.54) is 12.4 Å². The molecule has 1 aromatic carbocycles. The molecule has 0 aliphatic heterocycles. The van der Waals surface area contributed by atoms with Crippen LogP contribution in [0.1, 0.15) is 5.56 Å². The zero-order valence-electron chi connectivity index (χ0n) is 9.50. The van der Waals surface area contributed by atoms with Crippen LogP contribution in [0.2, 0.25) is 0 Å². The van der Waals surface area contributed by atoms with Crippen LogP contribution in [0.3, 0.4) is 0 Å². The number of nitrogens with zero attached hydrogens (tertiary/aromatic N) is 3. The van der Waals surface area contributed by atoms with Gasteiger partial charge in [-0.2, -0.15) is 5.10 Å². The van der Waals surface area contributed by atoms with E-state index in [0.29, 0.717) is 12.2 Å². The van der Waals surface area contributed by atoms with Crippen molar-refractivity contribution in [2.75, 3.05) is 10.6 Å². The van der Waals surface area contributed by atoms with Crippen molar-refractivity contribution in [2.45, 2.75) is 6.54 Å². The third kappa shape index (κ3) is 3.22. The molecule has 7 heteroatoms. The standard InChI is InChI=1S/C11H12N6O/c12-7-8-2-1-3-9(6-8)15-11(18)16-10-13-4-5-14-17-10/h1-6H,7,12H2,(H2,13,15,16,17,18). The van der Waals surface area contributed by atoms with Crippen molar-refractivity contribution in [3.8, 4) is 0 Å². The molecular weight excluding hydrogens is 232 g/mol. The van der Waals surface area contributed by atoms with Gasteiger partial charge < -0.3 is 11.1 Å². The second-order valence-electron chi connectivity index (χ2n) is 3.45. The number of carbonyl (C=O) groups is 1. The van der Waals surface area contributed by atoms with E-state index in [0.717, 1.165) is 5.56 Å². The Labute approximate surface area is 103 Å². The average Bonchev–Trinajstić information content (AvgIpc) is 2.40. The number of hydrogen-bond acceptors (Lipinski definition) is 5. The molecule has 1 heterocycles. The van der Waals surface area contributed by atoms with Crippen LogP contribution in [0.25, 0.3) is 0 Å². The third-order valence-electron chi connectivity index (χ3n) is 2.13. The van der Waals surface area contributed by atoms with Gasteiger partial charge >= 0.3 is 6.03 Å². The Morgan fingerprint density at radius 3 is 2.89 bits per heavy atom. The van der Waals surface area contributed by atoms with Gasteiger partial charge in [0.1, 0.15) is 0 Å². The van der Waals surface area contributed by atoms with E-state index < -0.39 is 6.03 Å². The molecule has 2 rings (SSSR count). The number of nitrogens with one attached hydrogen (secondary N) is 2. The molecule has 0 unspecified atom stereocenters. The van der Waals surface area contributed by atoms with Gasteiger partial charge in [-0.05, 0) is 17.7 Å². The molecule has 0 saturated carbocycles. The van der Waals surface area contributed by atoms with Crippen LogP contribution in [-0.4, -0.2) is 21.2 Å². The number of benzene rings is 1. The van der Waals surface area contributed by atoms with Crippen molar-refractivity contribution >= 4 is 17.7 Å². The zero-order valence-corrected chi connectivity index (χ0v) is 9.50. The smallest absolute Gasteiger partial charge is 0.326 e. The first-order valence-corrected chi connectivity index (χ1v) is 5.28. The largest absolute Gasteiger partial charge is 0.326 e. The summed E-state index contributed by atoms with van der Waals surface area (Å²) >= 11 is 0. The second kappa shape index (κ2) is 5.69. The Bertz CT molecular complexity index is 530. The van der Waals surface area contributed by atoms with Gasteiger partial charge in [0.05, 0.1) is 12.4 Å². The Morgan fingerprint density at radius 2 is 2.17 bits per heavy atom. The van der Waals surface area contributed by atoms with E-state index in [2.05, 4.69) is 25.8 Å². The second-order valence-corrected chi connectivity index (χ2v) is 3.45. The van der Waals surface area contributed by atoms with Gasteiger partial charge in [0.25, 0.3) is 5.95 Å². The summed E-state index contributed by atoms with van der Waals surface area (Å²) in [4.78, 5) is 15.4. The van der Waals surface area contributed by atoms with Crippen molar-refractivity contribution in [3.05, 3.63) is 42.2 Å². The van der Waals surface area contributed by atoms with Gasteiger partial charge in [0.15, 0.2) is 0 Å². The number of rotatable bonds is 3. The van der Waals surface area contributed by atoms with Crippen molar-refractivity contribution in [3.63, 3.8) is 0 Å². The van der Waals surface area contributed by atoms with Crippen molar-refractivity contribution in [1.29, 1.82) is 0 Å². The Kier molecular flexibility index (Phi) is 3.77. The highest BCUT2D eigenvalue weighted by molar-refractivity contribution is 5.98. The lowest BCUT2D eigenvalue weighted by molar-refractivity contribution is 0.262. The number of amides is 2. The van der Waals surface area contributed by atoms with Crippen LogP contribution in [-0.2, 0) is 6.54 Å². The van der Waals surface area contributed by atoms with Gasteiger partial charge in [-0.25, -0.2) is 9.78 Å². The molecule has 0 bridgehead atoms.